The Labute approximate surface area is 208 Å². The van der Waals surface area contributed by atoms with Crippen molar-refractivity contribution in [1.29, 1.82) is 0 Å². The minimum Gasteiger partial charge on any atom is -0.381 e. The van der Waals surface area contributed by atoms with E-state index in [0.717, 1.165) is 16.0 Å². The zero-order chi connectivity index (χ0) is 26.1. The Morgan fingerprint density at radius 2 is 1.89 bits per heavy atom. The van der Waals surface area contributed by atoms with Crippen LogP contribution in [0.4, 0.5) is 16.0 Å². The molecule has 0 bridgehead atoms. The van der Waals surface area contributed by atoms with Gasteiger partial charge in [-0.15, -0.1) is 0 Å². The maximum Gasteiger partial charge on any atom is 0.269 e. The van der Waals surface area contributed by atoms with Crippen LogP contribution in [0.5, 0.6) is 0 Å². The Balaban J connectivity index is 1.41. The highest BCUT2D eigenvalue weighted by Crippen LogP contribution is 2.27. The lowest BCUT2D eigenvalue weighted by Crippen LogP contribution is -2.44. The van der Waals surface area contributed by atoms with Crippen LogP contribution in [0.25, 0.3) is 22.0 Å². The van der Waals surface area contributed by atoms with E-state index in [9.17, 15) is 18.8 Å². The predicted molar refractivity (Wildman–Crippen MR) is 129 cm³/mol. The number of aromatic nitrogens is 6. The summed E-state index contributed by atoms with van der Waals surface area (Å²) in [7, 11) is 0. The molecule has 5 N–H and O–H groups in total. The predicted octanol–water partition coefficient (Wildman–Crippen LogP) is 0.542. The van der Waals surface area contributed by atoms with Gasteiger partial charge in [0.1, 0.15) is 18.8 Å². The van der Waals surface area contributed by atoms with Gasteiger partial charge in [0.15, 0.2) is 17.3 Å². The molecule has 3 amide bonds. The number of alkyl halides is 1. The van der Waals surface area contributed by atoms with E-state index in [-0.39, 0.29) is 36.8 Å². The Morgan fingerprint density at radius 3 is 2.62 bits per heavy atom. The largest absolute Gasteiger partial charge is 0.381 e. The number of fused-ring (bicyclic) bond motifs is 1. The van der Waals surface area contributed by atoms with E-state index in [2.05, 4.69) is 30.6 Å². The number of anilines is 2. The molecular weight excluding hydrogens is 483 g/mol. The van der Waals surface area contributed by atoms with Crippen molar-refractivity contribution in [1.82, 2.24) is 34.8 Å². The van der Waals surface area contributed by atoms with Crippen LogP contribution in [-0.4, -0.2) is 71.3 Å². The summed E-state index contributed by atoms with van der Waals surface area (Å²) in [6.45, 7) is -0.613. The SMILES string of the molecule is NC(=O)c1nn(CC(=O)N2CC(F)CC2C(=O)Nc2nccnc2N)c2ccc(-c3ccnnc3)cc12. The minimum absolute atomic E-state index is 0.00701. The molecule has 37 heavy (non-hydrogen) atoms. The molecule has 2 unspecified atom stereocenters. The Morgan fingerprint density at radius 1 is 1.08 bits per heavy atom. The van der Waals surface area contributed by atoms with E-state index in [0.29, 0.717) is 10.9 Å². The van der Waals surface area contributed by atoms with Crippen molar-refractivity contribution in [2.24, 2.45) is 5.73 Å². The van der Waals surface area contributed by atoms with Crippen LogP contribution in [0.15, 0.2) is 49.1 Å². The van der Waals surface area contributed by atoms with Crippen molar-refractivity contribution in [3.8, 4) is 11.1 Å². The first-order valence-corrected chi connectivity index (χ1v) is 11.2. The third-order valence-electron chi connectivity index (χ3n) is 6.03. The highest BCUT2D eigenvalue weighted by molar-refractivity contribution is 6.05. The second kappa shape index (κ2) is 9.56. The fourth-order valence-electron chi connectivity index (χ4n) is 4.30. The van der Waals surface area contributed by atoms with Crippen LogP contribution < -0.4 is 16.8 Å². The smallest absolute Gasteiger partial charge is 0.269 e. The van der Waals surface area contributed by atoms with Gasteiger partial charge in [-0.2, -0.15) is 15.3 Å². The molecule has 4 aromatic rings. The summed E-state index contributed by atoms with van der Waals surface area (Å²) in [5.41, 5.74) is 13.2. The van der Waals surface area contributed by atoms with E-state index in [1.807, 2.05) is 0 Å². The lowest BCUT2D eigenvalue weighted by atomic mass is 10.0. The first-order valence-electron chi connectivity index (χ1n) is 11.2. The maximum absolute atomic E-state index is 14.4. The van der Waals surface area contributed by atoms with Crippen LogP contribution in [0.2, 0.25) is 0 Å². The number of nitrogens with zero attached hydrogens (tertiary/aromatic N) is 7. The molecule has 3 aromatic heterocycles. The summed E-state index contributed by atoms with van der Waals surface area (Å²) in [5.74, 6) is -1.96. The summed E-state index contributed by atoms with van der Waals surface area (Å²) >= 11 is 0. The van der Waals surface area contributed by atoms with Gasteiger partial charge in [-0.05, 0) is 23.8 Å². The van der Waals surface area contributed by atoms with E-state index >= 15 is 0 Å². The highest BCUT2D eigenvalue weighted by atomic mass is 19.1. The molecule has 0 aliphatic carbocycles. The summed E-state index contributed by atoms with van der Waals surface area (Å²) in [5, 5.41) is 14.8. The van der Waals surface area contributed by atoms with Crippen LogP contribution in [0.1, 0.15) is 16.9 Å². The van der Waals surface area contributed by atoms with Gasteiger partial charge >= 0.3 is 0 Å². The highest BCUT2D eigenvalue weighted by Gasteiger charge is 2.40. The van der Waals surface area contributed by atoms with Gasteiger partial charge in [0, 0.05) is 29.8 Å². The number of primary amides is 1. The first-order chi connectivity index (χ1) is 17.8. The standard InChI is InChI=1S/C23H21FN10O3/c24-14-8-17(23(37)31-22-20(25)27-5-6-28-22)33(10-14)18(35)11-34-16-2-1-12(13-3-4-29-30-9-13)7-15(16)19(32-34)21(26)36/h1-7,9,14,17H,8,10-11H2,(H2,25,27)(H2,26,36)(H,28,31,37). The number of halogens is 1. The lowest BCUT2D eigenvalue weighted by Gasteiger charge is -2.23. The van der Waals surface area contributed by atoms with Crippen LogP contribution in [0, 0.1) is 0 Å². The number of hydrogen-bond acceptors (Lipinski definition) is 9. The first kappa shape index (κ1) is 23.7. The van der Waals surface area contributed by atoms with Gasteiger partial charge in [0.2, 0.25) is 11.8 Å². The molecule has 1 aromatic carbocycles. The number of likely N-dealkylation sites (tertiary alicyclic amines) is 1. The van der Waals surface area contributed by atoms with Gasteiger partial charge < -0.3 is 21.7 Å². The zero-order valence-corrected chi connectivity index (χ0v) is 19.3. The van der Waals surface area contributed by atoms with E-state index in [1.54, 1.807) is 30.5 Å². The molecule has 13 nitrogen and oxygen atoms in total. The number of rotatable bonds is 6. The van der Waals surface area contributed by atoms with Crippen molar-refractivity contribution >= 4 is 40.3 Å². The van der Waals surface area contributed by atoms with Crippen molar-refractivity contribution in [2.45, 2.75) is 25.2 Å². The molecule has 14 heteroatoms. The molecule has 188 valence electrons. The summed E-state index contributed by atoms with van der Waals surface area (Å²) < 4.78 is 15.7. The van der Waals surface area contributed by atoms with Gasteiger partial charge in [-0.3, -0.25) is 19.1 Å². The quantitative estimate of drug-likeness (QED) is 0.337. The van der Waals surface area contributed by atoms with Gasteiger partial charge in [0.05, 0.1) is 24.5 Å². The zero-order valence-electron chi connectivity index (χ0n) is 19.3. The van der Waals surface area contributed by atoms with Crippen LogP contribution in [0.3, 0.4) is 0 Å². The number of carbonyl (C=O) groups is 3. The third kappa shape index (κ3) is 4.63. The number of nitrogen functional groups attached to an aromatic ring is 1. The Bertz CT molecular complexity index is 1510. The molecule has 0 saturated carbocycles. The molecule has 0 radical (unpaired) electrons. The second-order valence-electron chi connectivity index (χ2n) is 8.41. The van der Waals surface area contributed by atoms with Crippen LogP contribution in [-0.2, 0) is 16.1 Å². The molecule has 1 aliphatic heterocycles. The fraction of sp³-hybridized carbons (Fsp3) is 0.217. The molecule has 1 saturated heterocycles. The fourth-order valence-corrected chi connectivity index (χ4v) is 4.30. The molecule has 1 fully saturated rings. The minimum atomic E-state index is -1.40. The van der Waals surface area contributed by atoms with Crippen molar-refractivity contribution in [3.05, 3.63) is 54.7 Å². The molecule has 1 aliphatic rings. The number of carbonyl (C=O) groups excluding carboxylic acids is 3. The number of nitrogens with one attached hydrogen (secondary N) is 1. The summed E-state index contributed by atoms with van der Waals surface area (Å²) in [4.78, 5) is 47.1. The Hall–Kier alpha value is -5.01. The molecule has 4 heterocycles. The molecule has 2 atom stereocenters. The molecular formula is C23H21FN10O3. The van der Waals surface area contributed by atoms with E-state index < -0.39 is 29.9 Å². The second-order valence-corrected chi connectivity index (χ2v) is 8.41. The van der Waals surface area contributed by atoms with Gasteiger partial charge in [-0.25, -0.2) is 14.4 Å². The normalized spacial score (nSPS) is 17.2. The van der Waals surface area contributed by atoms with Crippen molar-refractivity contribution in [3.63, 3.8) is 0 Å². The summed E-state index contributed by atoms with van der Waals surface area (Å²) in [6, 6.07) is 5.86. The van der Waals surface area contributed by atoms with Crippen molar-refractivity contribution < 1.29 is 18.8 Å². The maximum atomic E-state index is 14.4. The van der Waals surface area contributed by atoms with Crippen molar-refractivity contribution in [2.75, 3.05) is 17.6 Å². The van der Waals surface area contributed by atoms with Crippen LogP contribution >= 0.6 is 0 Å². The Kier molecular flexibility index (Phi) is 6.13. The third-order valence-corrected chi connectivity index (χ3v) is 6.03. The number of amides is 3. The van der Waals surface area contributed by atoms with E-state index in [1.165, 1.54) is 23.3 Å². The van der Waals surface area contributed by atoms with Gasteiger partial charge in [0.25, 0.3) is 5.91 Å². The van der Waals surface area contributed by atoms with Gasteiger partial charge in [-0.1, -0.05) is 6.07 Å². The summed E-state index contributed by atoms with van der Waals surface area (Å²) in [6.07, 6.45) is 4.23. The monoisotopic (exact) mass is 504 g/mol. The molecule has 5 rings (SSSR count). The number of hydrogen-bond donors (Lipinski definition) is 3. The van der Waals surface area contributed by atoms with E-state index in [4.69, 9.17) is 11.5 Å². The molecule has 0 spiro atoms. The topological polar surface area (TPSA) is 188 Å². The number of nitrogens with two attached hydrogens (primary N) is 2. The number of benzene rings is 1. The lowest BCUT2D eigenvalue weighted by molar-refractivity contribution is -0.137. The average Bonchev–Trinajstić information content (AvgIpc) is 3.46. The average molecular weight is 504 g/mol.